The maximum absolute atomic E-state index is 6.85. The van der Waals surface area contributed by atoms with E-state index in [0.29, 0.717) is 5.92 Å². The Hall–Kier alpha value is -7.30. The van der Waals surface area contributed by atoms with Gasteiger partial charge in [-0.2, -0.15) is 0 Å². The molecule has 11 aromatic rings. The number of fused-ring (bicyclic) bond motifs is 6. The molecule has 0 fully saturated rings. The molecule has 0 radical (unpaired) electrons. The molecule has 1 unspecified atom stereocenters. The van der Waals surface area contributed by atoms with Gasteiger partial charge in [-0.15, -0.1) is 0 Å². The highest BCUT2D eigenvalue weighted by atomic mass is 16.3. The van der Waals surface area contributed by atoms with E-state index < -0.39 is 0 Å². The largest absolute Gasteiger partial charge is 0.454 e. The van der Waals surface area contributed by atoms with E-state index in [1.165, 1.54) is 37.9 Å². The van der Waals surface area contributed by atoms with Crippen molar-refractivity contribution in [2.24, 2.45) is 5.92 Å². The van der Waals surface area contributed by atoms with Gasteiger partial charge in [-0.1, -0.05) is 155 Å². The summed E-state index contributed by atoms with van der Waals surface area (Å²) in [4.78, 5) is 4.87. The summed E-state index contributed by atoms with van der Waals surface area (Å²) in [5.74, 6) is 0.360. The van der Waals surface area contributed by atoms with Crippen molar-refractivity contribution < 1.29 is 8.83 Å². The van der Waals surface area contributed by atoms with Crippen LogP contribution in [0.4, 0.5) is 28.4 Å². The fourth-order valence-corrected chi connectivity index (χ4v) is 9.86. The van der Waals surface area contributed by atoms with Gasteiger partial charge in [-0.25, -0.2) is 0 Å². The van der Waals surface area contributed by atoms with Gasteiger partial charge in [0.1, 0.15) is 11.2 Å². The molecule has 4 nitrogen and oxygen atoms in total. The lowest BCUT2D eigenvalue weighted by Crippen LogP contribution is -2.19. The molecule has 0 amide bonds. The smallest absolute Gasteiger partial charge is 0.159 e. The molecule has 1 aliphatic rings. The average Bonchev–Trinajstić information content (AvgIpc) is 3.86. The van der Waals surface area contributed by atoms with Gasteiger partial charge >= 0.3 is 0 Å². The van der Waals surface area contributed by atoms with E-state index in [1.54, 1.807) is 0 Å². The number of benzene rings is 9. The fraction of sp³-hybridized carbons (Fsp3) is 0.123. The highest BCUT2D eigenvalue weighted by molar-refractivity contribution is 6.29. The second-order valence-corrected chi connectivity index (χ2v) is 17.8. The van der Waals surface area contributed by atoms with Gasteiger partial charge in [0, 0.05) is 49.1 Å². The lowest BCUT2D eigenvalue weighted by Gasteiger charge is -2.33. The Balaban J connectivity index is 1.24. The zero-order valence-corrected chi connectivity index (χ0v) is 34.7. The first-order valence-corrected chi connectivity index (χ1v) is 21.4. The molecule has 1 aliphatic carbocycles. The van der Waals surface area contributed by atoms with Gasteiger partial charge in [0.25, 0.3) is 0 Å². The van der Waals surface area contributed by atoms with Gasteiger partial charge in [0.05, 0.1) is 22.7 Å². The van der Waals surface area contributed by atoms with E-state index in [4.69, 9.17) is 8.83 Å². The first-order chi connectivity index (χ1) is 29.8. The van der Waals surface area contributed by atoms with E-state index in [0.717, 1.165) is 84.4 Å². The number of para-hydroxylation sites is 5. The quantitative estimate of drug-likeness (QED) is 0.157. The van der Waals surface area contributed by atoms with Crippen molar-refractivity contribution in [3.05, 3.63) is 187 Å². The number of nitrogens with zero attached hydrogens (tertiary/aromatic N) is 2. The Bertz CT molecular complexity index is 3560. The van der Waals surface area contributed by atoms with Crippen LogP contribution < -0.4 is 9.80 Å². The molecule has 0 saturated carbocycles. The molecule has 12 rings (SSSR count). The maximum Gasteiger partial charge on any atom is 0.159 e. The highest BCUT2D eigenvalue weighted by Crippen LogP contribution is 2.52. The SMILES string of the molecule is CC1C=C(N(c2cc(N(c3ccccc3)c3cccc4c3oc3ccccc34)c3ccc4cc(C(C)(C)C)cc5ccc2c3c54)c2cccc3c2oc2ccccc23)C=CC1. The summed E-state index contributed by atoms with van der Waals surface area (Å²) in [6, 6.07) is 57.2. The molecule has 0 N–H and O–H groups in total. The molecule has 9 aromatic carbocycles. The Morgan fingerprint density at radius 1 is 0.492 bits per heavy atom. The van der Waals surface area contributed by atoms with Crippen molar-refractivity contribution in [1.82, 2.24) is 0 Å². The second-order valence-electron chi connectivity index (χ2n) is 17.8. The minimum atomic E-state index is -0.00526. The van der Waals surface area contributed by atoms with Crippen LogP contribution in [0.5, 0.6) is 0 Å². The van der Waals surface area contributed by atoms with Crippen LogP contribution in [0, 0.1) is 5.92 Å². The molecule has 2 heterocycles. The molecule has 0 bridgehead atoms. The summed E-state index contributed by atoms with van der Waals surface area (Å²) in [6.07, 6.45) is 8.02. The van der Waals surface area contributed by atoms with Crippen LogP contribution in [0.15, 0.2) is 190 Å². The minimum absolute atomic E-state index is 0.00526. The van der Waals surface area contributed by atoms with Crippen LogP contribution >= 0.6 is 0 Å². The Morgan fingerprint density at radius 2 is 1.03 bits per heavy atom. The van der Waals surface area contributed by atoms with Crippen LogP contribution in [0.25, 0.3) is 76.2 Å². The van der Waals surface area contributed by atoms with E-state index in [-0.39, 0.29) is 5.41 Å². The standard InChI is InChI=1S/C57H44N2O2/c1-35-15-12-18-40(31-35)59(48-24-14-22-44-42-20-9-11-26-52(42)61-56(44)48)50-34-49(45-29-27-36-32-38(57(2,3)4)33-37-28-30-46(50)54(45)53(36)37)58(39-16-6-5-7-17-39)47-23-13-21-43-41-19-8-10-25-51(41)60-55(43)47/h5-14,16-35H,15H2,1-4H3. The molecule has 61 heavy (non-hydrogen) atoms. The van der Waals surface area contributed by atoms with Gasteiger partial charge in [0.15, 0.2) is 11.2 Å². The van der Waals surface area contributed by atoms with E-state index in [1.807, 2.05) is 6.07 Å². The van der Waals surface area contributed by atoms with Crippen LogP contribution in [-0.2, 0) is 5.41 Å². The van der Waals surface area contributed by atoms with E-state index in [9.17, 15) is 0 Å². The highest BCUT2D eigenvalue weighted by Gasteiger charge is 2.29. The van der Waals surface area contributed by atoms with Gasteiger partial charge in [-0.05, 0) is 88.0 Å². The van der Waals surface area contributed by atoms with Crippen LogP contribution in [0.1, 0.15) is 39.7 Å². The zero-order chi connectivity index (χ0) is 41.0. The molecule has 294 valence electrons. The first kappa shape index (κ1) is 35.6. The van der Waals surface area contributed by atoms with Crippen molar-refractivity contribution in [3.8, 4) is 0 Å². The third-order valence-electron chi connectivity index (χ3n) is 12.8. The summed E-state index contributed by atoms with van der Waals surface area (Å²) in [5, 5.41) is 11.7. The Morgan fingerprint density at radius 3 is 1.62 bits per heavy atom. The predicted octanol–water partition coefficient (Wildman–Crippen LogP) is 16.8. The predicted molar refractivity (Wildman–Crippen MR) is 258 cm³/mol. The van der Waals surface area contributed by atoms with Crippen molar-refractivity contribution in [2.45, 2.75) is 39.5 Å². The number of hydrogen-bond donors (Lipinski definition) is 0. The first-order valence-electron chi connectivity index (χ1n) is 21.4. The monoisotopic (exact) mass is 788 g/mol. The number of furan rings is 2. The Labute approximate surface area is 354 Å². The van der Waals surface area contributed by atoms with Crippen LogP contribution in [0.2, 0.25) is 0 Å². The van der Waals surface area contributed by atoms with E-state index >= 15 is 0 Å². The summed E-state index contributed by atoms with van der Waals surface area (Å²) in [5.41, 5.74) is 11.1. The normalized spacial score (nSPS) is 14.7. The lowest BCUT2D eigenvalue weighted by molar-refractivity contribution is 0.591. The molecule has 0 spiro atoms. The molecular weight excluding hydrogens is 745 g/mol. The zero-order valence-electron chi connectivity index (χ0n) is 34.7. The van der Waals surface area contributed by atoms with Crippen LogP contribution in [-0.4, -0.2) is 0 Å². The van der Waals surface area contributed by atoms with Crippen LogP contribution in [0.3, 0.4) is 0 Å². The molecule has 0 aliphatic heterocycles. The number of rotatable bonds is 6. The number of hydrogen-bond acceptors (Lipinski definition) is 4. The fourth-order valence-electron chi connectivity index (χ4n) is 9.86. The summed E-state index contributed by atoms with van der Waals surface area (Å²) < 4.78 is 13.7. The summed E-state index contributed by atoms with van der Waals surface area (Å²) >= 11 is 0. The maximum atomic E-state index is 6.85. The molecule has 2 aromatic heterocycles. The van der Waals surface area contributed by atoms with Crippen molar-refractivity contribution in [3.63, 3.8) is 0 Å². The average molecular weight is 789 g/mol. The van der Waals surface area contributed by atoms with Crippen molar-refractivity contribution in [1.29, 1.82) is 0 Å². The molecule has 4 heteroatoms. The molecule has 1 atom stereocenters. The number of anilines is 5. The lowest BCUT2D eigenvalue weighted by atomic mass is 9.83. The molecular formula is C57H44N2O2. The number of allylic oxidation sites excluding steroid dienone is 3. The minimum Gasteiger partial charge on any atom is -0.454 e. The van der Waals surface area contributed by atoms with Crippen molar-refractivity contribution >= 4 is 105 Å². The van der Waals surface area contributed by atoms with E-state index in [2.05, 4.69) is 207 Å². The van der Waals surface area contributed by atoms with Gasteiger partial charge in [0.2, 0.25) is 0 Å². The van der Waals surface area contributed by atoms with Crippen molar-refractivity contribution in [2.75, 3.05) is 9.80 Å². The second kappa shape index (κ2) is 13.4. The summed E-state index contributed by atoms with van der Waals surface area (Å²) in [6.45, 7) is 9.21. The third-order valence-corrected chi connectivity index (χ3v) is 12.8. The Kier molecular flexibility index (Phi) is 7.80. The molecule has 0 saturated heterocycles. The topological polar surface area (TPSA) is 32.8 Å². The summed E-state index contributed by atoms with van der Waals surface area (Å²) in [7, 11) is 0. The van der Waals surface area contributed by atoms with Gasteiger partial charge < -0.3 is 18.6 Å². The third kappa shape index (κ3) is 5.52. The van der Waals surface area contributed by atoms with Gasteiger partial charge in [-0.3, -0.25) is 0 Å².